The van der Waals surface area contributed by atoms with Crippen molar-refractivity contribution >= 4 is 29.3 Å². The zero-order chi connectivity index (χ0) is 32.5. The van der Waals surface area contributed by atoms with E-state index in [1.807, 2.05) is 39.8 Å². The summed E-state index contributed by atoms with van der Waals surface area (Å²) >= 11 is 0. The van der Waals surface area contributed by atoms with Crippen LogP contribution < -0.4 is 104 Å². The molecular weight excluding hydrogens is 629 g/mol. The molecule has 0 aromatic rings. The average Bonchev–Trinajstić information content (AvgIpc) is 3.64. The molecule has 5 aliphatic rings. The maximum Gasteiger partial charge on any atom is 1.00 e. The molecule has 0 aromatic carbocycles. The van der Waals surface area contributed by atoms with Crippen LogP contribution in [0.3, 0.4) is 0 Å². The number of aliphatic hydroxyl groups excluding tert-OH is 1. The van der Waals surface area contributed by atoms with Crippen LogP contribution in [-0.2, 0) is 14.4 Å². The summed E-state index contributed by atoms with van der Waals surface area (Å²) in [4.78, 5) is 42.9. The summed E-state index contributed by atoms with van der Waals surface area (Å²) in [5.41, 5.74) is 9.60. The molecule has 10 nitrogen and oxygen atoms in total. The molecule has 0 amide bonds. The second kappa shape index (κ2) is 18.1. The van der Waals surface area contributed by atoms with Gasteiger partial charge >= 0.3 is 94.8 Å². The number of carbonyl (C=O) groups excluding carboxylic acids is 3. The van der Waals surface area contributed by atoms with Crippen LogP contribution in [0.25, 0.3) is 0 Å². The van der Waals surface area contributed by atoms with Crippen LogP contribution in [-0.4, -0.2) is 34.4 Å². The van der Waals surface area contributed by atoms with Gasteiger partial charge in [-0.3, -0.25) is 0 Å². The number of rotatable bonds is 5. The Hall–Kier alpha value is -2.08. The van der Waals surface area contributed by atoms with Gasteiger partial charge < -0.3 is 32.4 Å². The third-order valence-electron chi connectivity index (χ3n) is 8.52. The van der Waals surface area contributed by atoms with Gasteiger partial charge in [-0.1, -0.05) is 26.5 Å². The number of nitrogens with one attached hydrogen (secondary N) is 1. The predicted molar refractivity (Wildman–Crippen MR) is 162 cm³/mol. The molecule has 0 aliphatic carbocycles. The molecule has 0 spiro atoms. The fourth-order valence-electron chi connectivity index (χ4n) is 6.18. The van der Waals surface area contributed by atoms with E-state index in [1.54, 1.807) is 19.1 Å². The van der Waals surface area contributed by atoms with Gasteiger partial charge in [-0.25, -0.2) is 15.0 Å². The second-order valence-corrected chi connectivity index (χ2v) is 10.8. The minimum atomic E-state index is -1.32. The first-order valence-corrected chi connectivity index (χ1v) is 14.2. The SMILES string of the molecule is C=CC1=C(C)C2=NC1=CC1=NC(=CC3=C(C)C(=C([O-])O)C(=N3)C(CC(=O)[O-])=C3NC(=C2)[C@@H](C)[C@@H]3C[CH2-])C(CC)=C1C.O=C=O.[Na+].[Na+].[Na+]. The van der Waals surface area contributed by atoms with Gasteiger partial charge in [0.1, 0.15) is 0 Å². The largest absolute Gasteiger partial charge is 1.00 e. The number of nitrogens with zero attached hydrogens (tertiary/aromatic N) is 3. The van der Waals surface area contributed by atoms with Crippen LogP contribution in [0.5, 0.6) is 0 Å². The number of aliphatic imine (C=N–C) groups is 3. The molecule has 5 aliphatic heterocycles. The summed E-state index contributed by atoms with van der Waals surface area (Å²) in [5.74, 6) is -2.75. The van der Waals surface area contributed by atoms with E-state index in [0.717, 1.165) is 45.1 Å². The van der Waals surface area contributed by atoms with Crippen molar-refractivity contribution in [2.45, 2.75) is 53.9 Å². The van der Waals surface area contributed by atoms with E-state index in [4.69, 9.17) is 24.6 Å². The van der Waals surface area contributed by atoms with Crippen molar-refractivity contribution in [3.8, 4) is 0 Å². The Morgan fingerprint density at radius 3 is 2.13 bits per heavy atom. The molecule has 228 valence electrons. The van der Waals surface area contributed by atoms with Gasteiger partial charge in [0.25, 0.3) is 0 Å². The van der Waals surface area contributed by atoms with Gasteiger partial charge in [-0.2, -0.15) is 16.0 Å². The van der Waals surface area contributed by atoms with Crippen LogP contribution in [0.1, 0.15) is 53.9 Å². The molecule has 47 heavy (non-hydrogen) atoms. The van der Waals surface area contributed by atoms with Gasteiger partial charge in [0.2, 0.25) is 0 Å². The molecule has 1 fully saturated rings. The molecule has 2 atom stereocenters. The summed E-state index contributed by atoms with van der Waals surface area (Å²) in [6, 6.07) is 0. The van der Waals surface area contributed by atoms with E-state index in [2.05, 4.69) is 18.8 Å². The number of aliphatic carboxylic acids is 1. The first-order valence-electron chi connectivity index (χ1n) is 14.2. The summed E-state index contributed by atoms with van der Waals surface area (Å²) in [6.45, 7) is 17.9. The van der Waals surface area contributed by atoms with E-state index >= 15 is 0 Å². The van der Waals surface area contributed by atoms with E-state index in [0.29, 0.717) is 35.5 Å². The van der Waals surface area contributed by atoms with Crippen molar-refractivity contribution in [1.82, 2.24) is 5.32 Å². The summed E-state index contributed by atoms with van der Waals surface area (Å²) < 4.78 is 0. The molecule has 0 unspecified atom stereocenters. The van der Waals surface area contributed by atoms with Crippen molar-refractivity contribution in [2.75, 3.05) is 0 Å². The van der Waals surface area contributed by atoms with Crippen molar-refractivity contribution in [1.29, 1.82) is 0 Å². The zero-order valence-electron chi connectivity index (χ0n) is 28.3. The molecule has 8 bridgehead atoms. The van der Waals surface area contributed by atoms with Gasteiger partial charge in [0.15, 0.2) is 0 Å². The minimum absolute atomic E-state index is 0. The van der Waals surface area contributed by atoms with Crippen molar-refractivity contribution in [2.24, 2.45) is 26.8 Å². The molecule has 0 saturated carbocycles. The molecule has 0 radical (unpaired) electrons. The third-order valence-corrected chi connectivity index (χ3v) is 8.52. The fraction of sp³-hybridized carbons (Fsp3) is 0.294. The van der Waals surface area contributed by atoms with Crippen LogP contribution in [0.2, 0.25) is 0 Å². The zero-order valence-corrected chi connectivity index (χ0v) is 34.3. The number of hydrogen-bond acceptors (Lipinski definition) is 10. The number of fused-ring (bicyclic) bond motifs is 5. The molecule has 5 heterocycles. The average molecular weight is 663 g/mol. The Labute approximate surface area is 341 Å². The van der Waals surface area contributed by atoms with E-state index < -0.39 is 18.3 Å². The molecule has 1 saturated heterocycles. The molecule has 2 N–H and O–H groups in total. The quantitative estimate of drug-likeness (QED) is 0.168. The Balaban J connectivity index is 0.00000177. The number of carboxylic acids is 1. The maximum absolute atomic E-state index is 12.6. The standard InChI is InChI=1S/C33H35N4O4.CO2.3Na/c1-8-19-15(4)23-12-25-17(6)21(10-3)31(36-25)22(11-29(38)39)32-30(33(40)41)18(7)26(37-32)14-28-20(9-2)16(5)24(35-28)13-27(19)34-23;2-1-3;;;/h8,12-14,17,21,36,40-41H,1,3,9-11H2,2,4-7H3,(H,38,39);;;;/q-1;;3*+1/p-2/t17-,21-;;;;/m0..../s1. The van der Waals surface area contributed by atoms with E-state index in [-0.39, 0.29) is 124 Å². The van der Waals surface area contributed by atoms with Crippen LogP contribution in [0.15, 0.2) is 119 Å². The van der Waals surface area contributed by atoms with Gasteiger partial charge in [-0.15, -0.1) is 0 Å². The molecular formula is C34H33N4Na3O6. The van der Waals surface area contributed by atoms with Gasteiger partial charge in [0.05, 0.1) is 40.2 Å². The topological polar surface area (TPSA) is 167 Å². The normalized spacial score (nSPS) is 22.1. The molecule has 13 heteroatoms. The van der Waals surface area contributed by atoms with E-state index in [1.165, 1.54) is 0 Å². The van der Waals surface area contributed by atoms with Gasteiger partial charge in [0, 0.05) is 46.4 Å². The van der Waals surface area contributed by atoms with Gasteiger partial charge in [-0.05, 0) is 73.6 Å². The Morgan fingerprint density at radius 2 is 1.60 bits per heavy atom. The van der Waals surface area contributed by atoms with Crippen LogP contribution in [0.4, 0.5) is 0 Å². The number of allylic oxidation sites excluding steroid dienone is 11. The monoisotopic (exact) mass is 662 g/mol. The first kappa shape index (κ1) is 42.9. The number of carbonyl (C=O) groups is 1. The number of carboxylic acid groups (broad SMARTS) is 1. The Bertz CT molecular complexity index is 1760. The fourth-order valence-corrected chi connectivity index (χ4v) is 6.18. The Kier molecular flexibility index (Phi) is 16.5. The smallest absolute Gasteiger partial charge is 0.629 e. The van der Waals surface area contributed by atoms with Crippen molar-refractivity contribution in [3.05, 3.63) is 111 Å². The number of aliphatic hydroxyl groups is 1. The molecule has 5 rings (SSSR count). The van der Waals surface area contributed by atoms with Crippen LogP contribution in [0, 0.1) is 18.8 Å². The summed E-state index contributed by atoms with van der Waals surface area (Å²) in [5, 5.41) is 38.3. The van der Waals surface area contributed by atoms with Crippen LogP contribution >= 0.6 is 0 Å². The first-order chi connectivity index (χ1) is 20.9. The third kappa shape index (κ3) is 8.39. The van der Waals surface area contributed by atoms with Crippen molar-refractivity contribution in [3.63, 3.8) is 0 Å². The number of hydrogen-bond donors (Lipinski definition) is 2. The summed E-state index contributed by atoms with van der Waals surface area (Å²) in [6.07, 6.45) is 8.45. The van der Waals surface area contributed by atoms with E-state index in [9.17, 15) is 20.1 Å². The minimum Gasteiger partial charge on any atom is -0.629 e. The maximum atomic E-state index is 12.6. The predicted octanol–water partition coefficient (Wildman–Crippen LogP) is -5.45. The second-order valence-electron chi connectivity index (χ2n) is 10.8. The summed E-state index contributed by atoms with van der Waals surface area (Å²) in [7, 11) is 0. The molecule has 0 aromatic heterocycles. The Morgan fingerprint density at radius 1 is 1.00 bits per heavy atom. The van der Waals surface area contributed by atoms with Crippen molar-refractivity contribution < 1.29 is 118 Å².